The molecule has 3 nitrogen and oxygen atoms in total. The molecule has 2 heterocycles. The van der Waals surface area contributed by atoms with Gasteiger partial charge < -0.3 is 10.2 Å². The van der Waals surface area contributed by atoms with Crippen LogP contribution in [0.3, 0.4) is 0 Å². The van der Waals surface area contributed by atoms with Gasteiger partial charge in [-0.2, -0.15) is 0 Å². The van der Waals surface area contributed by atoms with E-state index in [-0.39, 0.29) is 23.7 Å². The first-order valence-electron chi connectivity index (χ1n) is 9.27. The van der Waals surface area contributed by atoms with Gasteiger partial charge in [-0.3, -0.25) is 4.79 Å². The maximum absolute atomic E-state index is 13.0. The van der Waals surface area contributed by atoms with E-state index in [9.17, 15) is 4.79 Å². The van der Waals surface area contributed by atoms with Crippen LogP contribution in [-0.4, -0.2) is 37.0 Å². The van der Waals surface area contributed by atoms with Crippen LogP contribution in [0.4, 0.5) is 0 Å². The molecule has 0 saturated carbocycles. The molecule has 1 spiro atoms. The van der Waals surface area contributed by atoms with Crippen molar-refractivity contribution >= 4 is 18.3 Å². The Balaban J connectivity index is 0.00000169. The molecule has 4 heteroatoms. The quantitative estimate of drug-likeness (QED) is 0.890. The molecular formula is C20H29ClN2O. The van der Waals surface area contributed by atoms with Gasteiger partial charge in [-0.05, 0) is 62.2 Å². The third-order valence-electron chi connectivity index (χ3n) is 6.49. The number of nitrogens with zero attached hydrogens (tertiary/aromatic N) is 1. The second kappa shape index (κ2) is 7.05. The summed E-state index contributed by atoms with van der Waals surface area (Å²) < 4.78 is 0. The number of amides is 1. The van der Waals surface area contributed by atoms with E-state index in [4.69, 9.17) is 0 Å². The summed E-state index contributed by atoms with van der Waals surface area (Å²) in [6.07, 6.45) is 6.10. The number of rotatable bonds is 2. The molecule has 3 aliphatic rings. The minimum Gasteiger partial charge on any atom is -0.342 e. The Morgan fingerprint density at radius 3 is 2.75 bits per heavy atom. The van der Waals surface area contributed by atoms with Crippen LogP contribution in [0.25, 0.3) is 0 Å². The molecule has 2 aliphatic heterocycles. The number of piperidine rings is 1. The summed E-state index contributed by atoms with van der Waals surface area (Å²) in [6.45, 7) is 6.04. The number of carbonyl (C=O) groups excluding carboxylic acids is 1. The third-order valence-corrected chi connectivity index (χ3v) is 6.49. The van der Waals surface area contributed by atoms with Crippen LogP contribution >= 0.6 is 12.4 Å². The fourth-order valence-electron chi connectivity index (χ4n) is 4.91. The highest BCUT2D eigenvalue weighted by Gasteiger charge is 2.42. The smallest absolute Gasteiger partial charge is 0.225 e. The molecule has 4 rings (SSSR count). The highest BCUT2D eigenvalue weighted by atomic mass is 35.5. The van der Waals surface area contributed by atoms with E-state index in [2.05, 4.69) is 41.4 Å². The molecule has 0 radical (unpaired) electrons. The molecule has 24 heavy (non-hydrogen) atoms. The van der Waals surface area contributed by atoms with E-state index in [1.165, 1.54) is 36.8 Å². The van der Waals surface area contributed by atoms with Crippen LogP contribution in [0.1, 0.15) is 43.7 Å². The first-order valence-corrected chi connectivity index (χ1v) is 9.27. The van der Waals surface area contributed by atoms with Gasteiger partial charge in [0.05, 0.1) is 0 Å². The summed E-state index contributed by atoms with van der Waals surface area (Å²) in [5.41, 5.74) is 3.27. The summed E-state index contributed by atoms with van der Waals surface area (Å²) in [5.74, 6) is 1.10. The van der Waals surface area contributed by atoms with Crippen molar-refractivity contribution in [3.05, 3.63) is 35.4 Å². The van der Waals surface area contributed by atoms with Crippen molar-refractivity contribution < 1.29 is 4.79 Å². The average Bonchev–Trinajstić information content (AvgIpc) is 2.53. The molecule has 1 aliphatic carbocycles. The Morgan fingerprint density at radius 1 is 1.25 bits per heavy atom. The van der Waals surface area contributed by atoms with Crippen LogP contribution in [0, 0.1) is 11.8 Å². The van der Waals surface area contributed by atoms with E-state index in [0.717, 1.165) is 32.6 Å². The molecule has 2 fully saturated rings. The zero-order chi connectivity index (χ0) is 15.9. The van der Waals surface area contributed by atoms with Crippen LogP contribution in [0.5, 0.6) is 0 Å². The highest BCUT2D eigenvalue weighted by Crippen LogP contribution is 2.43. The number of likely N-dealkylation sites (tertiary alicyclic amines) is 1. The standard InChI is InChI=1S/C20H28N2O.ClH/c1-15(17-12-21-13-17)19(23)22-11-5-10-20(14-22)9-4-7-16-6-2-3-8-18(16)20;/h2-3,6,8,15,17,21H,4-5,7,9-14H2,1H3;1H. The maximum atomic E-state index is 13.0. The van der Waals surface area contributed by atoms with Crippen molar-refractivity contribution in [2.75, 3.05) is 26.2 Å². The maximum Gasteiger partial charge on any atom is 0.225 e. The monoisotopic (exact) mass is 348 g/mol. The van der Waals surface area contributed by atoms with Gasteiger partial charge in [-0.1, -0.05) is 31.2 Å². The molecule has 1 amide bonds. The third kappa shape index (κ3) is 2.97. The average molecular weight is 349 g/mol. The van der Waals surface area contributed by atoms with Crippen molar-refractivity contribution in [1.29, 1.82) is 0 Å². The summed E-state index contributed by atoms with van der Waals surface area (Å²) >= 11 is 0. The van der Waals surface area contributed by atoms with Crippen LogP contribution in [0.15, 0.2) is 24.3 Å². The summed E-state index contributed by atoms with van der Waals surface area (Å²) in [4.78, 5) is 15.2. The molecule has 2 unspecified atom stereocenters. The second-order valence-corrected chi connectivity index (χ2v) is 7.86. The van der Waals surface area contributed by atoms with E-state index in [1.807, 2.05) is 0 Å². The van der Waals surface area contributed by atoms with Crippen molar-refractivity contribution in [1.82, 2.24) is 10.2 Å². The Hall–Kier alpha value is -1.06. The Bertz CT molecular complexity index is 601. The van der Waals surface area contributed by atoms with Crippen LogP contribution in [0.2, 0.25) is 0 Å². The topological polar surface area (TPSA) is 32.3 Å². The number of benzene rings is 1. The molecule has 2 atom stereocenters. The van der Waals surface area contributed by atoms with E-state index < -0.39 is 0 Å². The molecule has 1 aromatic carbocycles. The number of hydrogen-bond donors (Lipinski definition) is 1. The number of fused-ring (bicyclic) bond motifs is 2. The molecule has 0 aromatic heterocycles. The van der Waals surface area contributed by atoms with Gasteiger partial charge in [0.2, 0.25) is 5.91 Å². The van der Waals surface area contributed by atoms with Gasteiger partial charge in [0.1, 0.15) is 0 Å². The fraction of sp³-hybridized carbons (Fsp3) is 0.650. The predicted molar refractivity (Wildman–Crippen MR) is 99.6 cm³/mol. The number of nitrogens with one attached hydrogen (secondary N) is 1. The Kier molecular flexibility index (Phi) is 5.22. The van der Waals surface area contributed by atoms with Crippen LogP contribution < -0.4 is 5.32 Å². The van der Waals surface area contributed by atoms with Gasteiger partial charge in [-0.15, -0.1) is 12.4 Å². The van der Waals surface area contributed by atoms with Crippen molar-refractivity contribution in [2.45, 2.75) is 44.4 Å². The highest BCUT2D eigenvalue weighted by molar-refractivity contribution is 5.85. The minimum atomic E-state index is 0. The predicted octanol–water partition coefficient (Wildman–Crippen LogP) is 3.16. The molecule has 1 N–H and O–H groups in total. The minimum absolute atomic E-state index is 0. The van der Waals surface area contributed by atoms with Gasteiger partial charge in [0.25, 0.3) is 0 Å². The second-order valence-electron chi connectivity index (χ2n) is 7.86. The lowest BCUT2D eigenvalue weighted by atomic mass is 9.65. The number of hydrogen-bond acceptors (Lipinski definition) is 2. The lowest BCUT2D eigenvalue weighted by molar-refractivity contribution is -0.139. The van der Waals surface area contributed by atoms with Crippen molar-refractivity contribution in [3.63, 3.8) is 0 Å². The lowest BCUT2D eigenvalue weighted by Crippen LogP contribution is -2.55. The number of aryl methyl sites for hydroxylation is 1. The number of carbonyl (C=O) groups is 1. The SMILES string of the molecule is CC(C(=O)N1CCCC2(CCCc3ccccc32)C1)C1CNC1.Cl. The summed E-state index contributed by atoms with van der Waals surface area (Å²) in [7, 11) is 0. The first-order chi connectivity index (χ1) is 11.2. The summed E-state index contributed by atoms with van der Waals surface area (Å²) in [5, 5.41) is 3.30. The Labute approximate surface area is 151 Å². The Morgan fingerprint density at radius 2 is 2.00 bits per heavy atom. The first kappa shape index (κ1) is 17.8. The summed E-state index contributed by atoms with van der Waals surface area (Å²) in [6, 6.07) is 8.95. The van der Waals surface area contributed by atoms with Gasteiger partial charge in [0.15, 0.2) is 0 Å². The molecule has 1 aromatic rings. The van der Waals surface area contributed by atoms with Crippen molar-refractivity contribution in [3.8, 4) is 0 Å². The normalized spacial score (nSPS) is 27.8. The van der Waals surface area contributed by atoms with Crippen molar-refractivity contribution in [2.24, 2.45) is 11.8 Å². The van der Waals surface area contributed by atoms with Gasteiger partial charge in [0, 0.05) is 24.4 Å². The van der Waals surface area contributed by atoms with E-state index in [0.29, 0.717) is 11.8 Å². The molecule has 132 valence electrons. The van der Waals surface area contributed by atoms with E-state index >= 15 is 0 Å². The zero-order valence-corrected chi connectivity index (χ0v) is 15.4. The van der Waals surface area contributed by atoms with Crippen LogP contribution in [-0.2, 0) is 16.6 Å². The largest absolute Gasteiger partial charge is 0.342 e. The molecular weight excluding hydrogens is 320 g/mol. The van der Waals surface area contributed by atoms with E-state index in [1.54, 1.807) is 0 Å². The van der Waals surface area contributed by atoms with Gasteiger partial charge in [-0.25, -0.2) is 0 Å². The fourth-order valence-corrected chi connectivity index (χ4v) is 4.91. The van der Waals surface area contributed by atoms with Gasteiger partial charge >= 0.3 is 0 Å². The molecule has 0 bridgehead atoms. The number of halogens is 1. The molecule has 2 saturated heterocycles. The lowest BCUT2D eigenvalue weighted by Gasteiger charge is -2.47. The zero-order valence-electron chi connectivity index (χ0n) is 14.6.